The highest BCUT2D eigenvalue weighted by Crippen LogP contribution is 2.31. The number of unbranched alkanes of at least 4 members (excludes halogenated alkanes) is 3. The molecule has 6 heteroatoms. The molecule has 0 fully saturated rings. The quantitative estimate of drug-likeness (QED) is 0.589. The molecule has 0 spiro atoms. The van der Waals surface area contributed by atoms with Crippen LogP contribution in [0.5, 0.6) is 0 Å². The molecule has 2 nitrogen and oxygen atoms in total. The van der Waals surface area contributed by atoms with Crippen LogP contribution in [-0.4, -0.2) is 14.2 Å². The van der Waals surface area contributed by atoms with E-state index >= 15 is 0 Å². The van der Waals surface area contributed by atoms with E-state index in [2.05, 4.69) is 6.92 Å². The Hall–Kier alpha value is -1.46. The number of halogens is 3. The van der Waals surface area contributed by atoms with E-state index in [0.717, 1.165) is 31.4 Å². The Labute approximate surface area is 146 Å². The zero-order valence-electron chi connectivity index (χ0n) is 13.4. The van der Waals surface area contributed by atoms with Crippen LogP contribution < -0.4 is 0 Å². The van der Waals surface area contributed by atoms with Gasteiger partial charge in [-0.3, -0.25) is 0 Å². The maximum Gasteiger partial charge on any atom is 0.179 e. The molecule has 0 saturated carbocycles. The van der Waals surface area contributed by atoms with Crippen molar-refractivity contribution in [3.05, 3.63) is 53.1 Å². The molecule has 0 aliphatic carbocycles. The topological polar surface area (TPSA) is 34.1 Å². The molecule has 0 heterocycles. The van der Waals surface area contributed by atoms with Crippen LogP contribution in [0.1, 0.15) is 32.6 Å². The lowest BCUT2D eigenvalue weighted by Crippen LogP contribution is -2.07. The summed E-state index contributed by atoms with van der Waals surface area (Å²) in [5, 5.41) is 0.0479. The fourth-order valence-corrected chi connectivity index (χ4v) is 4.44. The standard InChI is InChI=1S/C18H19ClF2O2S/c1-2-3-4-5-10-24(22,23)18-9-6-13(11-16(18)19)15-8-7-14(20)12-17(15)21/h6-9,11-12H,2-5,10H2,1H3. The summed E-state index contributed by atoms with van der Waals surface area (Å²) in [6, 6.07) is 7.50. The zero-order chi connectivity index (χ0) is 17.7. The lowest BCUT2D eigenvalue weighted by atomic mass is 10.1. The summed E-state index contributed by atoms with van der Waals surface area (Å²) in [5.41, 5.74) is 0.577. The Bertz CT molecular complexity index is 820. The first-order chi connectivity index (χ1) is 11.3. The highest BCUT2D eigenvalue weighted by atomic mass is 35.5. The second kappa shape index (κ2) is 8.08. The summed E-state index contributed by atoms with van der Waals surface area (Å²) < 4.78 is 51.6. The average molecular weight is 373 g/mol. The molecule has 0 N–H and O–H groups in total. The fourth-order valence-electron chi connectivity index (χ4n) is 2.47. The zero-order valence-corrected chi connectivity index (χ0v) is 14.9. The first-order valence-electron chi connectivity index (χ1n) is 7.83. The number of hydrogen-bond donors (Lipinski definition) is 0. The van der Waals surface area contributed by atoms with Crippen LogP contribution in [0, 0.1) is 11.6 Å². The second-order valence-electron chi connectivity index (χ2n) is 5.65. The van der Waals surface area contributed by atoms with E-state index in [-0.39, 0.29) is 21.2 Å². The molecular weight excluding hydrogens is 354 g/mol. The Morgan fingerprint density at radius 2 is 1.75 bits per heavy atom. The van der Waals surface area contributed by atoms with E-state index in [4.69, 9.17) is 11.6 Å². The van der Waals surface area contributed by atoms with Crippen LogP contribution in [0.2, 0.25) is 5.02 Å². The molecule has 2 aromatic rings. The van der Waals surface area contributed by atoms with Gasteiger partial charge in [-0.1, -0.05) is 43.9 Å². The number of hydrogen-bond acceptors (Lipinski definition) is 2. The molecule has 0 saturated heterocycles. The van der Waals surface area contributed by atoms with E-state index in [1.165, 1.54) is 24.3 Å². The van der Waals surface area contributed by atoms with Gasteiger partial charge in [-0.05, 0) is 36.2 Å². The number of sulfone groups is 1. The van der Waals surface area contributed by atoms with Crippen molar-refractivity contribution < 1.29 is 17.2 Å². The van der Waals surface area contributed by atoms with Gasteiger partial charge in [-0.15, -0.1) is 0 Å². The second-order valence-corrected chi connectivity index (χ2v) is 8.13. The highest BCUT2D eigenvalue weighted by Gasteiger charge is 2.19. The predicted octanol–water partition coefficient (Wildman–Crippen LogP) is 5.64. The summed E-state index contributed by atoms with van der Waals surface area (Å²) in [7, 11) is -3.47. The average Bonchev–Trinajstić information content (AvgIpc) is 2.51. The number of benzene rings is 2. The van der Waals surface area contributed by atoms with Gasteiger partial charge in [0.05, 0.1) is 15.7 Å². The predicted molar refractivity (Wildman–Crippen MR) is 93.0 cm³/mol. The number of rotatable bonds is 7. The third-order valence-corrected chi connectivity index (χ3v) is 6.05. The van der Waals surface area contributed by atoms with E-state index in [1.54, 1.807) is 0 Å². The Morgan fingerprint density at radius 3 is 2.38 bits per heavy atom. The summed E-state index contributed by atoms with van der Waals surface area (Å²) in [4.78, 5) is 0.0481. The van der Waals surface area contributed by atoms with Gasteiger partial charge in [0.1, 0.15) is 11.6 Å². The third-order valence-electron chi connectivity index (χ3n) is 3.78. The van der Waals surface area contributed by atoms with Crippen LogP contribution in [0.25, 0.3) is 11.1 Å². The fraction of sp³-hybridized carbons (Fsp3) is 0.333. The van der Waals surface area contributed by atoms with E-state index in [0.29, 0.717) is 12.0 Å². The third kappa shape index (κ3) is 4.54. The van der Waals surface area contributed by atoms with Gasteiger partial charge in [-0.2, -0.15) is 0 Å². The molecule has 24 heavy (non-hydrogen) atoms. The molecule has 0 atom stereocenters. The van der Waals surface area contributed by atoms with Crippen LogP contribution >= 0.6 is 11.6 Å². The van der Waals surface area contributed by atoms with Gasteiger partial charge in [0.15, 0.2) is 9.84 Å². The minimum atomic E-state index is -3.47. The van der Waals surface area contributed by atoms with Crippen molar-refractivity contribution in [2.45, 2.75) is 37.5 Å². The molecule has 0 radical (unpaired) electrons. The van der Waals surface area contributed by atoms with Gasteiger partial charge in [0.25, 0.3) is 0 Å². The van der Waals surface area contributed by atoms with E-state index in [9.17, 15) is 17.2 Å². The Morgan fingerprint density at radius 1 is 1.00 bits per heavy atom. The monoisotopic (exact) mass is 372 g/mol. The first kappa shape index (κ1) is 18.9. The Kier molecular flexibility index (Phi) is 6.35. The van der Waals surface area contributed by atoms with Crippen molar-refractivity contribution in [3.8, 4) is 11.1 Å². The smallest absolute Gasteiger partial charge is 0.179 e. The van der Waals surface area contributed by atoms with Gasteiger partial charge in [0, 0.05) is 11.6 Å². The van der Waals surface area contributed by atoms with Crippen molar-refractivity contribution in [2.75, 3.05) is 5.75 Å². The molecule has 2 rings (SSSR count). The van der Waals surface area contributed by atoms with Crippen molar-refractivity contribution in [1.82, 2.24) is 0 Å². The summed E-state index contributed by atoms with van der Waals surface area (Å²) >= 11 is 6.11. The van der Waals surface area contributed by atoms with Crippen molar-refractivity contribution in [1.29, 1.82) is 0 Å². The van der Waals surface area contributed by atoms with Gasteiger partial charge >= 0.3 is 0 Å². The van der Waals surface area contributed by atoms with Crippen molar-refractivity contribution in [2.24, 2.45) is 0 Å². The molecule has 130 valence electrons. The molecule has 0 aliphatic heterocycles. The molecule has 0 amide bonds. The van der Waals surface area contributed by atoms with Crippen LogP contribution in [-0.2, 0) is 9.84 Å². The summed E-state index contributed by atoms with van der Waals surface area (Å²) in [5.74, 6) is -1.35. The van der Waals surface area contributed by atoms with E-state index < -0.39 is 21.5 Å². The van der Waals surface area contributed by atoms with E-state index in [1.807, 2.05) is 0 Å². The molecule has 0 unspecified atom stereocenters. The van der Waals surface area contributed by atoms with Crippen LogP contribution in [0.4, 0.5) is 8.78 Å². The molecular formula is C18H19ClF2O2S. The van der Waals surface area contributed by atoms with Crippen LogP contribution in [0.15, 0.2) is 41.3 Å². The van der Waals surface area contributed by atoms with Crippen molar-refractivity contribution >= 4 is 21.4 Å². The Balaban J connectivity index is 2.26. The summed E-state index contributed by atoms with van der Waals surface area (Å²) in [6.07, 6.45) is 3.46. The van der Waals surface area contributed by atoms with Crippen LogP contribution in [0.3, 0.4) is 0 Å². The maximum atomic E-state index is 13.8. The normalized spacial score (nSPS) is 11.7. The van der Waals surface area contributed by atoms with Gasteiger partial charge in [-0.25, -0.2) is 17.2 Å². The maximum absolute atomic E-state index is 13.8. The largest absolute Gasteiger partial charge is 0.224 e. The van der Waals surface area contributed by atoms with Gasteiger partial charge in [0.2, 0.25) is 0 Å². The van der Waals surface area contributed by atoms with Crippen molar-refractivity contribution in [3.63, 3.8) is 0 Å². The lowest BCUT2D eigenvalue weighted by molar-refractivity contribution is 0.585. The first-order valence-corrected chi connectivity index (χ1v) is 9.86. The molecule has 0 bridgehead atoms. The minimum Gasteiger partial charge on any atom is -0.224 e. The molecule has 0 aromatic heterocycles. The minimum absolute atomic E-state index is 0.0387. The SMILES string of the molecule is CCCCCCS(=O)(=O)c1ccc(-c2ccc(F)cc2F)cc1Cl. The summed E-state index contributed by atoms with van der Waals surface area (Å²) in [6.45, 7) is 2.05. The van der Waals surface area contributed by atoms with Gasteiger partial charge < -0.3 is 0 Å². The molecule has 0 aliphatic rings. The highest BCUT2D eigenvalue weighted by molar-refractivity contribution is 7.91. The lowest BCUT2D eigenvalue weighted by Gasteiger charge is -2.09. The molecule has 2 aromatic carbocycles.